The monoisotopic (exact) mass is 210 g/mol. The van der Waals surface area contributed by atoms with Gasteiger partial charge in [0.25, 0.3) is 10.1 Å². The van der Waals surface area contributed by atoms with Gasteiger partial charge in [-0.3, -0.25) is 4.55 Å². The van der Waals surface area contributed by atoms with Crippen molar-refractivity contribution in [2.45, 2.75) is 20.3 Å². The quantitative estimate of drug-likeness (QED) is 0.534. The van der Waals surface area contributed by atoms with Gasteiger partial charge in [-0.1, -0.05) is 13.5 Å². The van der Waals surface area contributed by atoms with Crippen LogP contribution in [0.1, 0.15) is 20.3 Å². The van der Waals surface area contributed by atoms with E-state index in [1.54, 1.807) is 6.92 Å². The van der Waals surface area contributed by atoms with Crippen LogP contribution >= 0.6 is 0 Å². The van der Waals surface area contributed by atoms with Crippen molar-refractivity contribution in [1.82, 2.24) is 0 Å². The Morgan fingerprint density at radius 1 is 1.46 bits per heavy atom. The van der Waals surface area contributed by atoms with Crippen molar-refractivity contribution in [3.8, 4) is 0 Å². The highest BCUT2D eigenvalue weighted by Gasteiger charge is 1.98. The second-order valence-corrected chi connectivity index (χ2v) is 3.94. The van der Waals surface area contributed by atoms with Crippen LogP contribution in [0.25, 0.3) is 0 Å². The summed E-state index contributed by atoms with van der Waals surface area (Å²) in [4.78, 5) is 9.60. The van der Waals surface area contributed by atoms with E-state index in [1.165, 1.54) is 6.92 Å². The molecule has 0 aliphatic heterocycles. The smallest absolute Gasteiger partial charge is 0.330 e. The summed E-state index contributed by atoms with van der Waals surface area (Å²) in [5.74, 6) is -1.07. The summed E-state index contributed by atoms with van der Waals surface area (Å²) in [5.41, 5.74) is 0.176. The van der Waals surface area contributed by atoms with Crippen LogP contribution < -0.4 is 0 Å². The van der Waals surface area contributed by atoms with Crippen molar-refractivity contribution in [3.63, 3.8) is 0 Å². The minimum absolute atomic E-state index is 0.132. The lowest BCUT2D eigenvalue weighted by atomic mass is 10.4. The Morgan fingerprint density at radius 3 is 1.77 bits per heavy atom. The molecule has 0 aromatic rings. The number of carboxylic acids is 1. The molecule has 0 aliphatic rings. The molecule has 0 fully saturated rings. The summed E-state index contributed by atoms with van der Waals surface area (Å²) in [5, 5.41) is 7.89. The van der Waals surface area contributed by atoms with Crippen molar-refractivity contribution in [2.24, 2.45) is 0 Å². The van der Waals surface area contributed by atoms with Crippen molar-refractivity contribution < 1.29 is 22.9 Å². The first-order valence-corrected chi connectivity index (χ1v) is 5.15. The fraction of sp³-hybridized carbons (Fsp3) is 0.571. The van der Waals surface area contributed by atoms with Gasteiger partial charge in [0.15, 0.2) is 0 Å². The third-order valence-electron chi connectivity index (χ3n) is 0.827. The Balaban J connectivity index is 0. The summed E-state index contributed by atoms with van der Waals surface area (Å²) in [6, 6.07) is 0. The zero-order valence-electron chi connectivity index (χ0n) is 7.65. The maximum absolute atomic E-state index is 9.79. The van der Waals surface area contributed by atoms with E-state index in [1.807, 2.05) is 0 Å². The van der Waals surface area contributed by atoms with E-state index in [9.17, 15) is 13.2 Å². The summed E-state index contributed by atoms with van der Waals surface area (Å²) in [7, 11) is -3.67. The summed E-state index contributed by atoms with van der Waals surface area (Å²) >= 11 is 0. The molecule has 5 nitrogen and oxygen atoms in total. The first-order valence-electron chi connectivity index (χ1n) is 3.54. The average Bonchev–Trinajstić information content (AvgIpc) is 1.85. The molecule has 0 atom stereocenters. The molecule has 0 aromatic heterocycles. The number of carboxylic acid groups (broad SMARTS) is 1. The third-order valence-corrected chi connectivity index (χ3v) is 1.75. The van der Waals surface area contributed by atoms with Gasteiger partial charge in [0.1, 0.15) is 0 Å². The molecule has 2 N–H and O–H groups in total. The molecule has 0 spiro atoms. The lowest BCUT2D eigenvalue weighted by Crippen LogP contribution is -2.01. The van der Waals surface area contributed by atoms with Crippen LogP contribution in [0.5, 0.6) is 0 Å². The molecule has 78 valence electrons. The predicted molar refractivity (Wildman–Crippen MR) is 49.2 cm³/mol. The van der Waals surface area contributed by atoms with E-state index in [4.69, 9.17) is 9.66 Å². The Hall–Kier alpha value is -0.880. The second-order valence-electron chi connectivity index (χ2n) is 2.37. The minimum Gasteiger partial charge on any atom is -0.478 e. The van der Waals surface area contributed by atoms with Gasteiger partial charge in [-0.05, 0) is 13.3 Å². The fourth-order valence-electron chi connectivity index (χ4n) is 0.258. The fourth-order valence-corrected chi connectivity index (χ4v) is 0.774. The highest BCUT2D eigenvalue weighted by atomic mass is 32.2. The van der Waals surface area contributed by atoms with Crippen molar-refractivity contribution >= 4 is 16.1 Å². The number of hydrogen-bond acceptors (Lipinski definition) is 3. The number of carbonyl (C=O) groups is 1. The molecular formula is C7H14O5S. The lowest BCUT2D eigenvalue weighted by Gasteiger charge is -1.85. The Bertz CT molecular complexity index is 253. The third kappa shape index (κ3) is 18.2. The van der Waals surface area contributed by atoms with Crippen molar-refractivity contribution in [1.29, 1.82) is 0 Å². The normalized spacial score (nSPS) is 9.77. The molecule has 0 saturated carbocycles. The zero-order chi connectivity index (χ0) is 11.1. The molecule has 0 aliphatic carbocycles. The van der Waals surface area contributed by atoms with Crippen molar-refractivity contribution in [3.05, 3.63) is 12.2 Å². The highest BCUT2D eigenvalue weighted by Crippen LogP contribution is 1.83. The zero-order valence-corrected chi connectivity index (χ0v) is 8.47. The number of rotatable bonds is 3. The number of aliphatic carboxylic acids is 1. The average molecular weight is 210 g/mol. The van der Waals surface area contributed by atoms with Gasteiger partial charge >= 0.3 is 5.97 Å². The Kier molecular flexibility index (Phi) is 7.45. The molecule has 0 rings (SSSR count). The second kappa shape index (κ2) is 6.62. The van der Waals surface area contributed by atoms with Gasteiger partial charge in [-0.2, -0.15) is 8.42 Å². The molecule has 0 radical (unpaired) electrons. The van der Waals surface area contributed by atoms with Gasteiger partial charge in [0.2, 0.25) is 0 Å². The highest BCUT2D eigenvalue weighted by molar-refractivity contribution is 7.85. The first kappa shape index (κ1) is 14.6. The maximum Gasteiger partial charge on any atom is 0.330 e. The number of hydrogen-bond donors (Lipinski definition) is 2. The molecule has 0 amide bonds. The van der Waals surface area contributed by atoms with Crippen LogP contribution in [0.4, 0.5) is 0 Å². The first-order chi connectivity index (χ1) is 5.70. The molecule has 0 bridgehead atoms. The van der Waals surface area contributed by atoms with E-state index in [2.05, 4.69) is 6.58 Å². The lowest BCUT2D eigenvalue weighted by molar-refractivity contribution is -0.132. The van der Waals surface area contributed by atoms with Gasteiger partial charge in [0.05, 0.1) is 5.75 Å². The molecule has 0 aromatic carbocycles. The molecule has 6 heteroatoms. The summed E-state index contributed by atoms with van der Waals surface area (Å²) < 4.78 is 27.6. The maximum atomic E-state index is 9.79. The molecule has 0 saturated heterocycles. The summed E-state index contributed by atoms with van der Waals surface area (Å²) in [6.07, 6.45) is 0.471. The van der Waals surface area contributed by atoms with E-state index in [-0.39, 0.29) is 11.3 Å². The predicted octanol–water partition coefficient (Wildman–Crippen LogP) is 0.931. The van der Waals surface area contributed by atoms with Crippen LogP contribution in [-0.4, -0.2) is 29.8 Å². The molecular weight excluding hydrogens is 196 g/mol. The standard InChI is InChI=1S/C4H6O2.C3H8O3S/c1-3(2)4(5)6;1-2-3-7(4,5)6/h1H2,2H3,(H,5,6);2-3H2,1H3,(H,4,5,6). The Morgan fingerprint density at radius 2 is 1.77 bits per heavy atom. The van der Waals surface area contributed by atoms with Crippen LogP contribution in [0, 0.1) is 0 Å². The van der Waals surface area contributed by atoms with E-state index >= 15 is 0 Å². The Labute approximate surface area is 77.8 Å². The molecule has 0 unspecified atom stereocenters. The largest absolute Gasteiger partial charge is 0.478 e. The van der Waals surface area contributed by atoms with Crippen molar-refractivity contribution in [2.75, 3.05) is 5.75 Å². The summed E-state index contributed by atoms with van der Waals surface area (Å²) in [6.45, 7) is 6.29. The van der Waals surface area contributed by atoms with Gasteiger partial charge < -0.3 is 5.11 Å². The van der Waals surface area contributed by atoms with Crippen LogP contribution in [0.15, 0.2) is 12.2 Å². The molecule has 0 heterocycles. The van der Waals surface area contributed by atoms with Crippen LogP contribution in [0.2, 0.25) is 0 Å². The van der Waals surface area contributed by atoms with Gasteiger partial charge in [-0.25, -0.2) is 4.79 Å². The topological polar surface area (TPSA) is 91.7 Å². The van der Waals surface area contributed by atoms with E-state index < -0.39 is 16.1 Å². The minimum atomic E-state index is -3.67. The SMILES string of the molecule is C=C(C)C(=O)O.CCCS(=O)(=O)O. The van der Waals surface area contributed by atoms with Crippen LogP contribution in [-0.2, 0) is 14.9 Å². The van der Waals surface area contributed by atoms with E-state index in [0.29, 0.717) is 6.42 Å². The van der Waals surface area contributed by atoms with Gasteiger partial charge in [0, 0.05) is 5.57 Å². The molecule has 13 heavy (non-hydrogen) atoms. The van der Waals surface area contributed by atoms with Crippen LogP contribution in [0.3, 0.4) is 0 Å². The van der Waals surface area contributed by atoms with E-state index in [0.717, 1.165) is 0 Å². The van der Waals surface area contributed by atoms with Gasteiger partial charge in [-0.15, -0.1) is 0 Å².